The summed E-state index contributed by atoms with van der Waals surface area (Å²) in [5, 5.41) is 18.6. The largest absolute Gasteiger partial charge is 0.479 e. The Bertz CT molecular complexity index is 486. The maximum atomic E-state index is 10.4. The van der Waals surface area contributed by atoms with Crippen molar-refractivity contribution in [1.82, 2.24) is 0 Å². The number of benzene rings is 1. The molecule has 1 aromatic heterocycles. The lowest BCUT2D eigenvalue weighted by atomic mass is 10.1. The molecule has 4 heteroatoms. The molecule has 0 aliphatic carbocycles. The molecule has 0 saturated heterocycles. The fraction of sp³-hybridized carbons (Fsp3) is 0.182. The second kappa shape index (κ2) is 3.74. The van der Waals surface area contributed by atoms with Gasteiger partial charge in [0.2, 0.25) is 0 Å². The number of fused-ring (bicyclic) bond motifs is 1. The molecular weight excluding hydrogens is 196 g/mol. The van der Waals surface area contributed by atoms with Crippen molar-refractivity contribution in [2.45, 2.75) is 12.5 Å². The molecule has 78 valence electrons. The van der Waals surface area contributed by atoms with Crippen molar-refractivity contribution >= 4 is 16.9 Å². The van der Waals surface area contributed by atoms with E-state index in [1.54, 1.807) is 24.5 Å². The van der Waals surface area contributed by atoms with Crippen molar-refractivity contribution in [3.8, 4) is 0 Å². The number of carbonyl (C=O) groups is 1. The Morgan fingerprint density at radius 3 is 2.93 bits per heavy atom. The summed E-state index contributed by atoms with van der Waals surface area (Å²) in [5.41, 5.74) is 1.53. The van der Waals surface area contributed by atoms with Gasteiger partial charge in [0.1, 0.15) is 5.58 Å². The molecule has 2 N–H and O–H groups in total. The molecule has 4 nitrogen and oxygen atoms in total. The van der Waals surface area contributed by atoms with Gasteiger partial charge in [-0.05, 0) is 23.8 Å². The van der Waals surface area contributed by atoms with Crippen LogP contribution in [0.3, 0.4) is 0 Å². The van der Waals surface area contributed by atoms with Gasteiger partial charge in [0.25, 0.3) is 0 Å². The highest BCUT2D eigenvalue weighted by molar-refractivity contribution is 5.78. The van der Waals surface area contributed by atoms with Crippen LogP contribution in [0, 0.1) is 0 Å². The van der Waals surface area contributed by atoms with Crippen LogP contribution in [0.4, 0.5) is 0 Å². The van der Waals surface area contributed by atoms with Crippen LogP contribution in [-0.4, -0.2) is 22.3 Å². The van der Waals surface area contributed by atoms with Gasteiger partial charge >= 0.3 is 5.97 Å². The third-order valence-electron chi connectivity index (χ3n) is 2.23. The third kappa shape index (κ3) is 1.99. The van der Waals surface area contributed by atoms with Crippen LogP contribution < -0.4 is 0 Å². The van der Waals surface area contributed by atoms with Crippen molar-refractivity contribution in [3.05, 3.63) is 36.1 Å². The highest BCUT2D eigenvalue weighted by Gasteiger charge is 2.13. The minimum absolute atomic E-state index is 0.108. The van der Waals surface area contributed by atoms with Crippen LogP contribution in [0.25, 0.3) is 11.0 Å². The molecule has 0 saturated carbocycles. The van der Waals surface area contributed by atoms with Gasteiger partial charge in [-0.25, -0.2) is 4.79 Å². The van der Waals surface area contributed by atoms with E-state index in [9.17, 15) is 9.90 Å². The summed E-state index contributed by atoms with van der Waals surface area (Å²) in [6, 6.07) is 7.12. The molecule has 0 aliphatic heterocycles. The summed E-state index contributed by atoms with van der Waals surface area (Å²) in [6.45, 7) is 0. The number of furan rings is 1. The van der Waals surface area contributed by atoms with E-state index in [1.807, 2.05) is 6.07 Å². The molecule has 1 aromatic carbocycles. The van der Waals surface area contributed by atoms with E-state index in [1.165, 1.54) is 0 Å². The Balaban J connectivity index is 2.24. The molecule has 1 atom stereocenters. The maximum absolute atomic E-state index is 10.4. The number of hydrogen-bond donors (Lipinski definition) is 2. The molecule has 0 aliphatic rings. The van der Waals surface area contributed by atoms with Crippen LogP contribution >= 0.6 is 0 Å². The zero-order valence-electron chi connectivity index (χ0n) is 7.88. The van der Waals surface area contributed by atoms with Crippen molar-refractivity contribution in [2.75, 3.05) is 0 Å². The molecule has 2 aromatic rings. The van der Waals surface area contributed by atoms with Gasteiger partial charge in [-0.3, -0.25) is 0 Å². The Morgan fingerprint density at radius 2 is 2.20 bits per heavy atom. The molecule has 2 rings (SSSR count). The standard InChI is InChI=1S/C11H10O4/c12-9(11(13)14)6-7-1-2-10-8(5-7)3-4-15-10/h1-5,9,12H,6H2,(H,13,14). The zero-order chi connectivity index (χ0) is 10.8. The normalized spacial score (nSPS) is 12.9. The number of aliphatic hydroxyl groups is 1. The van der Waals surface area contributed by atoms with Gasteiger partial charge in [-0.2, -0.15) is 0 Å². The fourth-order valence-electron chi connectivity index (χ4n) is 1.45. The lowest BCUT2D eigenvalue weighted by Gasteiger charge is -2.04. The molecule has 0 bridgehead atoms. The molecule has 1 heterocycles. The lowest BCUT2D eigenvalue weighted by Crippen LogP contribution is -2.21. The first-order valence-electron chi connectivity index (χ1n) is 4.54. The molecule has 0 spiro atoms. The summed E-state index contributed by atoms with van der Waals surface area (Å²) in [5.74, 6) is -1.21. The molecule has 0 amide bonds. The van der Waals surface area contributed by atoms with Crippen LogP contribution in [0.5, 0.6) is 0 Å². The monoisotopic (exact) mass is 206 g/mol. The number of hydrogen-bond acceptors (Lipinski definition) is 3. The number of carboxylic acids is 1. The Morgan fingerprint density at radius 1 is 1.40 bits per heavy atom. The number of aliphatic carboxylic acids is 1. The minimum Gasteiger partial charge on any atom is -0.479 e. The first-order chi connectivity index (χ1) is 7.16. The van der Waals surface area contributed by atoms with E-state index in [-0.39, 0.29) is 6.42 Å². The Labute approximate surface area is 85.8 Å². The number of carboxylic acid groups (broad SMARTS) is 1. The van der Waals surface area contributed by atoms with Crippen LogP contribution in [0.15, 0.2) is 34.9 Å². The average molecular weight is 206 g/mol. The van der Waals surface area contributed by atoms with Crippen molar-refractivity contribution in [3.63, 3.8) is 0 Å². The highest BCUT2D eigenvalue weighted by Crippen LogP contribution is 2.17. The van der Waals surface area contributed by atoms with Gasteiger partial charge in [0, 0.05) is 11.8 Å². The van der Waals surface area contributed by atoms with E-state index < -0.39 is 12.1 Å². The van der Waals surface area contributed by atoms with Gasteiger partial charge in [0.15, 0.2) is 6.10 Å². The quantitative estimate of drug-likeness (QED) is 0.796. The summed E-state index contributed by atoms with van der Waals surface area (Å²) in [4.78, 5) is 10.4. The second-order valence-electron chi connectivity index (χ2n) is 3.35. The summed E-state index contributed by atoms with van der Waals surface area (Å²) in [6.07, 6.45) is 0.327. The molecule has 0 fully saturated rings. The van der Waals surface area contributed by atoms with Crippen LogP contribution in [0.1, 0.15) is 5.56 Å². The fourth-order valence-corrected chi connectivity index (χ4v) is 1.45. The summed E-state index contributed by atoms with van der Waals surface area (Å²) >= 11 is 0. The SMILES string of the molecule is O=C(O)C(O)Cc1ccc2occc2c1. The number of rotatable bonds is 3. The van der Waals surface area contributed by atoms with Gasteiger partial charge in [-0.1, -0.05) is 6.07 Å². The van der Waals surface area contributed by atoms with Crippen molar-refractivity contribution in [2.24, 2.45) is 0 Å². The van der Waals surface area contributed by atoms with Crippen LogP contribution in [0.2, 0.25) is 0 Å². The highest BCUT2D eigenvalue weighted by atomic mass is 16.4. The van der Waals surface area contributed by atoms with Crippen molar-refractivity contribution < 1.29 is 19.4 Å². The Hall–Kier alpha value is -1.81. The molecule has 1 unspecified atom stereocenters. The topological polar surface area (TPSA) is 70.7 Å². The summed E-state index contributed by atoms with van der Waals surface area (Å²) < 4.78 is 5.15. The molecular formula is C11H10O4. The van der Waals surface area contributed by atoms with E-state index in [0.29, 0.717) is 0 Å². The third-order valence-corrected chi connectivity index (χ3v) is 2.23. The van der Waals surface area contributed by atoms with Gasteiger partial charge in [-0.15, -0.1) is 0 Å². The van der Waals surface area contributed by atoms with E-state index >= 15 is 0 Å². The predicted octanol–water partition coefficient (Wildman–Crippen LogP) is 1.42. The predicted molar refractivity (Wildman–Crippen MR) is 53.6 cm³/mol. The second-order valence-corrected chi connectivity index (χ2v) is 3.35. The maximum Gasteiger partial charge on any atom is 0.332 e. The average Bonchev–Trinajstić information content (AvgIpc) is 2.64. The lowest BCUT2D eigenvalue weighted by molar-refractivity contribution is -0.146. The number of aliphatic hydroxyl groups excluding tert-OH is 1. The smallest absolute Gasteiger partial charge is 0.332 e. The molecule has 15 heavy (non-hydrogen) atoms. The minimum atomic E-state index is -1.35. The van der Waals surface area contributed by atoms with E-state index in [2.05, 4.69) is 0 Å². The van der Waals surface area contributed by atoms with Gasteiger partial charge in [0.05, 0.1) is 6.26 Å². The Kier molecular flexibility index (Phi) is 2.43. The van der Waals surface area contributed by atoms with Gasteiger partial charge < -0.3 is 14.6 Å². The first kappa shape index (κ1) is 9.73. The zero-order valence-corrected chi connectivity index (χ0v) is 7.88. The van der Waals surface area contributed by atoms with Crippen molar-refractivity contribution in [1.29, 1.82) is 0 Å². The first-order valence-corrected chi connectivity index (χ1v) is 4.54. The van der Waals surface area contributed by atoms with E-state index in [0.717, 1.165) is 16.5 Å². The molecule has 0 radical (unpaired) electrons. The van der Waals surface area contributed by atoms with Crippen LogP contribution in [-0.2, 0) is 11.2 Å². The summed E-state index contributed by atoms with van der Waals surface area (Å²) in [7, 11) is 0. The van der Waals surface area contributed by atoms with E-state index in [4.69, 9.17) is 9.52 Å².